The molecule has 8 nitrogen and oxygen atoms in total. The number of aromatic nitrogens is 2. The second kappa shape index (κ2) is 6.06. The normalized spacial score (nSPS) is 11.1. The van der Waals surface area contributed by atoms with Crippen molar-refractivity contribution < 1.29 is 18.0 Å². The first-order valence-electron chi connectivity index (χ1n) is 5.72. The summed E-state index contributed by atoms with van der Waals surface area (Å²) in [5, 5.41) is 7.03. The molecule has 2 aromatic heterocycles. The van der Waals surface area contributed by atoms with E-state index in [1.807, 2.05) is 0 Å². The predicted octanol–water partition coefficient (Wildman–Crippen LogP) is 0.720. The molecular formula is C11H12N4O4S2. The maximum Gasteiger partial charge on any atom is 0.235 e. The van der Waals surface area contributed by atoms with Crippen LogP contribution in [0, 0.1) is 0 Å². The molecule has 0 radical (unpaired) electrons. The zero-order valence-electron chi connectivity index (χ0n) is 10.9. The Bertz CT molecular complexity index is 749. The average Bonchev–Trinajstić information content (AvgIpc) is 2.98. The Balaban J connectivity index is 1.90. The van der Waals surface area contributed by atoms with Crippen LogP contribution in [0.1, 0.15) is 6.42 Å². The van der Waals surface area contributed by atoms with Crippen molar-refractivity contribution in [1.82, 2.24) is 8.96 Å². The van der Waals surface area contributed by atoms with Crippen molar-refractivity contribution in [1.29, 1.82) is 0 Å². The van der Waals surface area contributed by atoms with Gasteiger partial charge in [0.2, 0.25) is 21.8 Å². The van der Waals surface area contributed by atoms with Gasteiger partial charge >= 0.3 is 0 Å². The van der Waals surface area contributed by atoms with Gasteiger partial charge in [-0.15, -0.1) is 11.3 Å². The van der Waals surface area contributed by atoms with Gasteiger partial charge in [-0.05, 0) is 6.07 Å². The number of nitrogens with one attached hydrogen (secondary N) is 2. The number of hydrogen-bond acceptors (Lipinski definition) is 6. The standard InChI is InChI=1S/C11H12N4O4S2/c1-21(18,19)15-4-2-8(7-15)13-9(16)6-10(17)14-11-12-3-5-20-11/h2-5,7H,6H2,1H3,(H,13,16)(H,12,14,17). The lowest BCUT2D eigenvalue weighted by atomic mass is 10.3. The predicted molar refractivity (Wildman–Crippen MR) is 78.7 cm³/mol. The molecule has 2 amide bonds. The third kappa shape index (κ3) is 4.39. The van der Waals surface area contributed by atoms with E-state index < -0.39 is 21.8 Å². The Hall–Kier alpha value is -2.20. The highest BCUT2D eigenvalue weighted by atomic mass is 32.2. The van der Waals surface area contributed by atoms with E-state index in [1.165, 1.54) is 36.0 Å². The lowest BCUT2D eigenvalue weighted by Gasteiger charge is -2.03. The van der Waals surface area contributed by atoms with Crippen LogP contribution >= 0.6 is 11.3 Å². The molecule has 0 saturated heterocycles. The molecule has 2 aromatic rings. The summed E-state index contributed by atoms with van der Waals surface area (Å²) in [4.78, 5) is 27.1. The zero-order valence-corrected chi connectivity index (χ0v) is 12.6. The van der Waals surface area contributed by atoms with Gasteiger partial charge in [0.25, 0.3) is 0 Å². The summed E-state index contributed by atoms with van der Waals surface area (Å²) in [7, 11) is -3.40. The lowest BCUT2D eigenvalue weighted by molar-refractivity contribution is -0.123. The molecule has 0 spiro atoms. The first kappa shape index (κ1) is 15.2. The summed E-state index contributed by atoms with van der Waals surface area (Å²) in [5.41, 5.74) is 0.299. The molecule has 0 bridgehead atoms. The molecule has 0 saturated carbocycles. The number of carbonyl (C=O) groups excluding carboxylic acids is 2. The largest absolute Gasteiger partial charge is 0.324 e. The van der Waals surface area contributed by atoms with E-state index in [1.54, 1.807) is 5.38 Å². The number of rotatable bonds is 5. The van der Waals surface area contributed by atoms with Crippen molar-refractivity contribution in [3.05, 3.63) is 30.0 Å². The fraction of sp³-hybridized carbons (Fsp3) is 0.182. The Labute approximate surface area is 124 Å². The molecular weight excluding hydrogens is 316 g/mol. The Morgan fingerprint density at radius 3 is 2.62 bits per heavy atom. The summed E-state index contributed by atoms with van der Waals surface area (Å²) in [6, 6.07) is 1.43. The molecule has 0 fully saturated rings. The highest BCUT2D eigenvalue weighted by Gasteiger charge is 2.12. The minimum atomic E-state index is -3.40. The summed E-state index contributed by atoms with van der Waals surface area (Å²) in [6.07, 6.45) is 4.75. The fourth-order valence-electron chi connectivity index (χ4n) is 1.46. The minimum Gasteiger partial charge on any atom is -0.324 e. The minimum absolute atomic E-state index is 0.299. The third-order valence-corrected chi connectivity index (χ3v) is 4.02. The quantitative estimate of drug-likeness (QED) is 0.786. The van der Waals surface area contributed by atoms with Gasteiger partial charge < -0.3 is 10.6 Å². The van der Waals surface area contributed by atoms with Crippen molar-refractivity contribution in [3.8, 4) is 0 Å². The topological polar surface area (TPSA) is 110 Å². The van der Waals surface area contributed by atoms with Crippen molar-refractivity contribution >= 4 is 44.0 Å². The zero-order chi connectivity index (χ0) is 15.5. The molecule has 21 heavy (non-hydrogen) atoms. The van der Waals surface area contributed by atoms with E-state index in [4.69, 9.17) is 0 Å². The Kier molecular flexibility index (Phi) is 4.38. The number of thiazole rings is 1. The highest BCUT2D eigenvalue weighted by molar-refractivity contribution is 7.89. The molecule has 0 unspecified atom stereocenters. The van der Waals surface area contributed by atoms with E-state index in [2.05, 4.69) is 15.6 Å². The van der Waals surface area contributed by atoms with Gasteiger partial charge in [-0.1, -0.05) is 0 Å². The van der Waals surface area contributed by atoms with E-state index in [9.17, 15) is 18.0 Å². The molecule has 10 heteroatoms. The molecule has 2 N–H and O–H groups in total. The number of amides is 2. The van der Waals surface area contributed by atoms with Crippen molar-refractivity contribution in [2.45, 2.75) is 6.42 Å². The lowest BCUT2D eigenvalue weighted by Crippen LogP contribution is -2.21. The molecule has 2 rings (SSSR count). The first-order chi connectivity index (χ1) is 9.84. The fourth-order valence-corrected chi connectivity index (χ4v) is 2.59. The van der Waals surface area contributed by atoms with Crippen LogP contribution in [-0.4, -0.2) is 35.4 Å². The highest BCUT2D eigenvalue weighted by Crippen LogP contribution is 2.12. The number of hydrogen-bond donors (Lipinski definition) is 2. The summed E-state index contributed by atoms with van der Waals surface area (Å²) in [6.45, 7) is 0. The van der Waals surface area contributed by atoms with E-state index in [-0.39, 0.29) is 6.42 Å². The van der Waals surface area contributed by atoms with Crippen LogP contribution in [0.5, 0.6) is 0 Å². The molecule has 112 valence electrons. The van der Waals surface area contributed by atoms with Gasteiger partial charge in [-0.25, -0.2) is 13.4 Å². The van der Waals surface area contributed by atoms with Gasteiger partial charge in [0, 0.05) is 24.0 Å². The van der Waals surface area contributed by atoms with Crippen LogP contribution in [0.3, 0.4) is 0 Å². The van der Waals surface area contributed by atoms with Gasteiger partial charge in [-0.2, -0.15) is 0 Å². The molecule has 0 aliphatic carbocycles. The van der Waals surface area contributed by atoms with E-state index in [0.717, 1.165) is 10.2 Å². The molecule has 0 atom stereocenters. The molecule has 0 aromatic carbocycles. The SMILES string of the molecule is CS(=O)(=O)n1ccc(NC(=O)CC(=O)Nc2nccs2)c1. The van der Waals surface area contributed by atoms with E-state index in [0.29, 0.717) is 10.8 Å². The van der Waals surface area contributed by atoms with Gasteiger partial charge in [0.1, 0.15) is 6.42 Å². The van der Waals surface area contributed by atoms with Gasteiger partial charge in [-0.3, -0.25) is 13.6 Å². The van der Waals surface area contributed by atoms with Crippen LogP contribution in [0.2, 0.25) is 0 Å². The van der Waals surface area contributed by atoms with Crippen LogP contribution in [0.4, 0.5) is 10.8 Å². The number of carbonyl (C=O) groups is 2. The monoisotopic (exact) mass is 328 g/mol. The third-order valence-electron chi connectivity index (χ3n) is 2.33. The van der Waals surface area contributed by atoms with Gasteiger partial charge in [0.15, 0.2) is 5.13 Å². The van der Waals surface area contributed by atoms with Crippen LogP contribution in [0.15, 0.2) is 30.0 Å². The summed E-state index contributed by atoms with van der Waals surface area (Å²) in [5.74, 6) is -1.04. The average molecular weight is 328 g/mol. The molecule has 2 heterocycles. The second-order valence-corrected chi connectivity index (χ2v) is 6.89. The van der Waals surface area contributed by atoms with Crippen molar-refractivity contribution in [2.75, 3.05) is 16.9 Å². The summed E-state index contributed by atoms with van der Waals surface area (Å²) < 4.78 is 23.5. The Morgan fingerprint density at radius 2 is 2.05 bits per heavy atom. The second-order valence-electron chi connectivity index (χ2n) is 4.10. The van der Waals surface area contributed by atoms with Crippen molar-refractivity contribution in [3.63, 3.8) is 0 Å². The van der Waals surface area contributed by atoms with Crippen LogP contribution < -0.4 is 10.6 Å². The smallest absolute Gasteiger partial charge is 0.235 e. The van der Waals surface area contributed by atoms with Crippen molar-refractivity contribution in [2.24, 2.45) is 0 Å². The van der Waals surface area contributed by atoms with Crippen LogP contribution in [-0.2, 0) is 19.6 Å². The first-order valence-corrected chi connectivity index (χ1v) is 8.45. The van der Waals surface area contributed by atoms with Crippen LogP contribution in [0.25, 0.3) is 0 Å². The van der Waals surface area contributed by atoms with E-state index >= 15 is 0 Å². The Morgan fingerprint density at radius 1 is 1.33 bits per heavy atom. The maximum atomic E-state index is 11.7. The molecule has 0 aliphatic heterocycles. The van der Waals surface area contributed by atoms with Gasteiger partial charge in [0.05, 0.1) is 11.9 Å². The number of anilines is 2. The molecule has 0 aliphatic rings. The number of nitrogens with zero attached hydrogens (tertiary/aromatic N) is 2. The summed E-state index contributed by atoms with van der Waals surface area (Å²) >= 11 is 1.24. The maximum absolute atomic E-state index is 11.7.